The SMILES string of the molecule is CC1CCCCC(C)(C)C1=O. The van der Waals surface area contributed by atoms with E-state index in [4.69, 9.17) is 0 Å². The van der Waals surface area contributed by atoms with Crippen molar-refractivity contribution < 1.29 is 4.79 Å². The fourth-order valence-electron chi connectivity index (χ4n) is 1.94. The summed E-state index contributed by atoms with van der Waals surface area (Å²) >= 11 is 0. The van der Waals surface area contributed by atoms with Gasteiger partial charge in [-0.2, -0.15) is 0 Å². The van der Waals surface area contributed by atoms with E-state index in [1.54, 1.807) is 0 Å². The molecule has 1 rings (SSSR count). The van der Waals surface area contributed by atoms with Crippen LogP contribution in [0.2, 0.25) is 0 Å². The maximum atomic E-state index is 11.7. The highest BCUT2D eigenvalue weighted by atomic mass is 16.1. The van der Waals surface area contributed by atoms with Crippen molar-refractivity contribution in [2.75, 3.05) is 0 Å². The second-order valence-corrected chi connectivity index (χ2v) is 4.39. The molecule has 0 saturated heterocycles. The lowest BCUT2D eigenvalue weighted by molar-refractivity contribution is -0.130. The summed E-state index contributed by atoms with van der Waals surface area (Å²) in [6.07, 6.45) is 4.64. The molecule has 0 aliphatic heterocycles. The van der Waals surface area contributed by atoms with E-state index in [9.17, 15) is 4.79 Å². The number of ketones is 1. The third-order valence-electron chi connectivity index (χ3n) is 2.80. The van der Waals surface area contributed by atoms with Crippen LogP contribution in [0.3, 0.4) is 0 Å². The molecule has 0 aromatic rings. The van der Waals surface area contributed by atoms with Crippen molar-refractivity contribution in [3.05, 3.63) is 0 Å². The molecular weight excluding hydrogens is 136 g/mol. The molecule has 0 radical (unpaired) electrons. The smallest absolute Gasteiger partial charge is 0.141 e. The summed E-state index contributed by atoms with van der Waals surface area (Å²) in [4.78, 5) is 11.7. The molecule has 0 amide bonds. The maximum absolute atomic E-state index is 11.7. The molecule has 1 fully saturated rings. The predicted molar refractivity (Wildman–Crippen MR) is 46.4 cm³/mol. The molecule has 1 aliphatic carbocycles. The van der Waals surface area contributed by atoms with E-state index in [1.807, 2.05) is 0 Å². The molecule has 11 heavy (non-hydrogen) atoms. The van der Waals surface area contributed by atoms with Crippen LogP contribution in [-0.2, 0) is 4.79 Å². The van der Waals surface area contributed by atoms with Crippen LogP contribution in [0.15, 0.2) is 0 Å². The Hall–Kier alpha value is -0.330. The molecule has 1 atom stereocenters. The van der Waals surface area contributed by atoms with Crippen molar-refractivity contribution in [2.24, 2.45) is 11.3 Å². The van der Waals surface area contributed by atoms with Crippen LogP contribution in [0, 0.1) is 11.3 Å². The molecule has 0 aromatic heterocycles. The van der Waals surface area contributed by atoms with Crippen LogP contribution in [0.5, 0.6) is 0 Å². The van der Waals surface area contributed by atoms with Gasteiger partial charge in [-0.25, -0.2) is 0 Å². The lowest BCUT2D eigenvalue weighted by Gasteiger charge is -2.22. The maximum Gasteiger partial charge on any atom is 0.141 e. The third kappa shape index (κ3) is 1.82. The zero-order valence-electron chi connectivity index (χ0n) is 7.81. The van der Waals surface area contributed by atoms with Gasteiger partial charge < -0.3 is 0 Å². The van der Waals surface area contributed by atoms with Gasteiger partial charge in [0.05, 0.1) is 0 Å². The van der Waals surface area contributed by atoms with Gasteiger partial charge in [-0.1, -0.05) is 33.6 Å². The van der Waals surface area contributed by atoms with Crippen molar-refractivity contribution in [2.45, 2.75) is 46.5 Å². The molecule has 0 bridgehead atoms. The molecule has 1 aliphatic rings. The van der Waals surface area contributed by atoms with Crippen LogP contribution in [0.25, 0.3) is 0 Å². The summed E-state index contributed by atoms with van der Waals surface area (Å²) < 4.78 is 0. The van der Waals surface area contributed by atoms with E-state index >= 15 is 0 Å². The van der Waals surface area contributed by atoms with Crippen LogP contribution in [0.1, 0.15) is 46.5 Å². The molecule has 1 heteroatoms. The van der Waals surface area contributed by atoms with Gasteiger partial charge in [0.2, 0.25) is 0 Å². The number of Topliss-reactive ketones (excluding diaryl/α,β-unsaturated/α-hetero) is 1. The Labute approximate surface area is 69.2 Å². The van der Waals surface area contributed by atoms with E-state index in [0.29, 0.717) is 11.7 Å². The standard InChI is InChI=1S/C10H18O/c1-8-6-4-5-7-10(2,3)9(8)11/h8H,4-7H2,1-3H3. The number of rotatable bonds is 0. The topological polar surface area (TPSA) is 17.1 Å². The van der Waals surface area contributed by atoms with Crippen molar-refractivity contribution >= 4 is 5.78 Å². The highest BCUT2D eigenvalue weighted by Crippen LogP contribution is 2.33. The Bertz CT molecular complexity index is 158. The zero-order valence-corrected chi connectivity index (χ0v) is 7.81. The Morgan fingerprint density at radius 2 is 2.00 bits per heavy atom. The van der Waals surface area contributed by atoms with Crippen molar-refractivity contribution in [3.63, 3.8) is 0 Å². The molecule has 0 N–H and O–H groups in total. The van der Waals surface area contributed by atoms with Gasteiger partial charge >= 0.3 is 0 Å². The lowest BCUT2D eigenvalue weighted by atomic mass is 9.80. The summed E-state index contributed by atoms with van der Waals surface area (Å²) in [6.45, 7) is 6.23. The first kappa shape index (κ1) is 8.76. The molecule has 1 saturated carbocycles. The van der Waals surface area contributed by atoms with Crippen LogP contribution < -0.4 is 0 Å². The molecule has 0 heterocycles. The zero-order chi connectivity index (χ0) is 8.48. The second kappa shape index (κ2) is 2.96. The summed E-state index contributed by atoms with van der Waals surface area (Å²) in [7, 11) is 0. The van der Waals surface area contributed by atoms with Gasteiger partial charge in [-0.05, 0) is 12.8 Å². The van der Waals surface area contributed by atoms with E-state index in [1.165, 1.54) is 12.8 Å². The van der Waals surface area contributed by atoms with Crippen LogP contribution >= 0.6 is 0 Å². The van der Waals surface area contributed by atoms with Gasteiger partial charge in [0.25, 0.3) is 0 Å². The van der Waals surface area contributed by atoms with Gasteiger partial charge in [-0.15, -0.1) is 0 Å². The molecule has 64 valence electrons. The van der Waals surface area contributed by atoms with Crippen molar-refractivity contribution in [1.82, 2.24) is 0 Å². The predicted octanol–water partition coefficient (Wildman–Crippen LogP) is 2.79. The highest BCUT2D eigenvalue weighted by molar-refractivity contribution is 5.86. The number of hydrogen-bond donors (Lipinski definition) is 0. The Balaban J connectivity index is 2.73. The summed E-state index contributed by atoms with van der Waals surface area (Å²) in [5.41, 5.74) is -0.0457. The van der Waals surface area contributed by atoms with Crippen molar-refractivity contribution in [3.8, 4) is 0 Å². The number of hydrogen-bond acceptors (Lipinski definition) is 1. The first-order valence-electron chi connectivity index (χ1n) is 4.58. The summed E-state index contributed by atoms with van der Waals surface area (Å²) in [5, 5.41) is 0. The van der Waals surface area contributed by atoms with E-state index in [0.717, 1.165) is 12.8 Å². The number of carbonyl (C=O) groups excluding carboxylic acids is 1. The summed E-state index contributed by atoms with van der Waals surface area (Å²) in [6, 6.07) is 0. The summed E-state index contributed by atoms with van der Waals surface area (Å²) in [5.74, 6) is 0.766. The average Bonchev–Trinajstić information content (AvgIpc) is 2.03. The van der Waals surface area contributed by atoms with E-state index in [2.05, 4.69) is 20.8 Å². The fourth-order valence-corrected chi connectivity index (χ4v) is 1.94. The minimum atomic E-state index is -0.0457. The molecule has 0 spiro atoms. The molecule has 1 unspecified atom stereocenters. The molecule has 0 aromatic carbocycles. The minimum absolute atomic E-state index is 0.0457. The first-order valence-corrected chi connectivity index (χ1v) is 4.58. The normalized spacial score (nSPS) is 31.5. The number of carbonyl (C=O) groups is 1. The van der Waals surface area contributed by atoms with Crippen LogP contribution in [0.4, 0.5) is 0 Å². The average molecular weight is 154 g/mol. The minimum Gasteiger partial charge on any atom is -0.299 e. The first-order chi connectivity index (χ1) is 5.04. The third-order valence-corrected chi connectivity index (χ3v) is 2.80. The van der Waals surface area contributed by atoms with E-state index < -0.39 is 0 Å². The van der Waals surface area contributed by atoms with E-state index in [-0.39, 0.29) is 5.41 Å². The molecular formula is C10H18O. The van der Waals surface area contributed by atoms with Gasteiger partial charge in [-0.3, -0.25) is 4.79 Å². The lowest BCUT2D eigenvalue weighted by Crippen LogP contribution is -2.27. The Morgan fingerprint density at radius 3 is 2.64 bits per heavy atom. The molecule has 1 nitrogen and oxygen atoms in total. The largest absolute Gasteiger partial charge is 0.299 e. The van der Waals surface area contributed by atoms with Gasteiger partial charge in [0.1, 0.15) is 5.78 Å². The highest BCUT2D eigenvalue weighted by Gasteiger charge is 2.32. The van der Waals surface area contributed by atoms with Crippen LogP contribution in [-0.4, -0.2) is 5.78 Å². The quantitative estimate of drug-likeness (QED) is 0.490. The Morgan fingerprint density at radius 1 is 1.36 bits per heavy atom. The van der Waals surface area contributed by atoms with Gasteiger partial charge in [0.15, 0.2) is 0 Å². The van der Waals surface area contributed by atoms with Crippen molar-refractivity contribution in [1.29, 1.82) is 0 Å². The fraction of sp³-hybridized carbons (Fsp3) is 0.900. The Kier molecular flexibility index (Phi) is 2.36. The van der Waals surface area contributed by atoms with Gasteiger partial charge in [0, 0.05) is 11.3 Å². The second-order valence-electron chi connectivity index (χ2n) is 4.39. The monoisotopic (exact) mass is 154 g/mol.